The van der Waals surface area contributed by atoms with Crippen molar-refractivity contribution in [2.75, 3.05) is 13.2 Å². The monoisotopic (exact) mass is 402 g/mol. The SMILES string of the molecule is CC(C)CCCCC(=O)NC(CO)C(=O)NCC(=O)C(C)(C)C(=O)O.CCC. The molecule has 0 saturated carbocycles. The molecule has 8 nitrogen and oxygen atoms in total. The van der Waals surface area contributed by atoms with Gasteiger partial charge in [-0.15, -0.1) is 0 Å². The lowest BCUT2D eigenvalue weighted by Crippen LogP contribution is -2.51. The van der Waals surface area contributed by atoms with Crippen molar-refractivity contribution >= 4 is 23.6 Å². The molecule has 0 radical (unpaired) electrons. The van der Waals surface area contributed by atoms with Gasteiger partial charge in [0.05, 0.1) is 13.2 Å². The highest BCUT2D eigenvalue weighted by molar-refractivity contribution is 6.04. The number of carbonyl (C=O) groups excluding carboxylic acids is 3. The zero-order valence-corrected chi connectivity index (χ0v) is 18.1. The molecule has 1 atom stereocenters. The number of hydrogen-bond acceptors (Lipinski definition) is 5. The second-order valence-electron chi connectivity index (χ2n) is 7.72. The van der Waals surface area contributed by atoms with Crippen molar-refractivity contribution in [2.24, 2.45) is 11.3 Å². The largest absolute Gasteiger partial charge is 0.481 e. The number of nitrogens with one attached hydrogen (secondary N) is 2. The topological polar surface area (TPSA) is 133 Å². The Bertz CT molecular complexity index is 503. The fourth-order valence-electron chi connectivity index (χ4n) is 1.93. The lowest BCUT2D eigenvalue weighted by molar-refractivity contribution is -0.152. The first-order chi connectivity index (χ1) is 12.9. The number of rotatable bonds is 12. The van der Waals surface area contributed by atoms with E-state index in [-0.39, 0.29) is 12.3 Å². The first-order valence-electron chi connectivity index (χ1n) is 9.88. The van der Waals surface area contributed by atoms with Crippen molar-refractivity contribution in [3.8, 4) is 0 Å². The van der Waals surface area contributed by atoms with Crippen LogP contribution in [0, 0.1) is 11.3 Å². The summed E-state index contributed by atoms with van der Waals surface area (Å²) in [5.41, 5.74) is -1.62. The maximum atomic E-state index is 11.9. The minimum absolute atomic E-state index is 0.251. The molecule has 0 aliphatic rings. The van der Waals surface area contributed by atoms with Crippen LogP contribution in [0.1, 0.15) is 73.6 Å². The van der Waals surface area contributed by atoms with Gasteiger partial charge in [-0.05, 0) is 26.2 Å². The van der Waals surface area contributed by atoms with E-state index >= 15 is 0 Å². The molecule has 0 bridgehead atoms. The zero-order chi connectivity index (χ0) is 22.3. The summed E-state index contributed by atoms with van der Waals surface area (Å²) in [6.45, 7) is 9.83. The third-order valence-corrected chi connectivity index (χ3v) is 3.92. The number of aliphatic hydroxyl groups is 1. The van der Waals surface area contributed by atoms with Crippen LogP contribution in [0.25, 0.3) is 0 Å². The molecule has 0 rings (SSSR count). The van der Waals surface area contributed by atoms with Crippen LogP contribution in [0.15, 0.2) is 0 Å². The number of amides is 2. The Labute approximate surface area is 168 Å². The standard InChI is InChI=1S/C17H30N2O6.C3H8/c1-11(2)7-5-6-8-14(22)19-12(10-20)15(23)18-9-13(21)17(3,4)16(24)25;1-3-2/h11-12,20H,5-10H2,1-4H3,(H,18,23)(H,19,22)(H,24,25);3H2,1-2H3. The number of aliphatic hydroxyl groups excluding tert-OH is 1. The van der Waals surface area contributed by atoms with E-state index in [1.54, 1.807) is 0 Å². The lowest BCUT2D eigenvalue weighted by Gasteiger charge is -2.20. The van der Waals surface area contributed by atoms with Crippen LogP contribution in [0.5, 0.6) is 0 Å². The minimum Gasteiger partial charge on any atom is -0.481 e. The van der Waals surface area contributed by atoms with E-state index < -0.39 is 42.3 Å². The lowest BCUT2D eigenvalue weighted by atomic mass is 9.88. The molecule has 0 aliphatic carbocycles. The first-order valence-corrected chi connectivity index (χ1v) is 9.88. The van der Waals surface area contributed by atoms with Crippen LogP contribution in [-0.4, -0.2) is 53.0 Å². The van der Waals surface area contributed by atoms with Gasteiger partial charge in [-0.3, -0.25) is 19.2 Å². The Morgan fingerprint density at radius 3 is 2.00 bits per heavy atom. The second kappa shape index (κ2) is 15.0. The molecule has 0 saturated heterocycles. The van der Waals surface area contributed by atoms with E-state index in [4.69, 9.17) is 5.11 Å². The molecule has 4 N–H and O–H groups in total. The average molecular weight is 403 g/mol. The van der Waals surface area contributed by atoms with Gasteiger partial charge in [-0.1, -0.05) is 47.0 Å². The van der Waals surface area contributed by atoms with Gasteiger partial charge in [0.15, 0.2) is 5.78 Å². The number of ketones is 1. The predicted molar refractivity (Wildman–Crippen MR) is 108 cm³/mol. The molecular formula is C20H38N2O6. The van der Waals surface area contributed by atoms with Crippen LogP contribution < -0.4 is 10.6 Å². The summed E-state index contributed by atoms with van der Waals surface area (Å²) in [6, 6.07) is -1.17. The molecular weight excluding hydrogens is 364 g/mol. The van der Waals surface area contributed by atoms with Gasteiger partial charge in [0.2, 0.25) is 11.8 Å². The Hall–Kier alpha value is -1.96. The highest BCUT2D eigenvalue weighted by Crippen LogP contribution is 2.16. The molecule has 0 aromatic carbocycles. The fourth-order valence-corrected chi connectivity index (χ4v) is 1.93. The number of carbonyl (C=O) groups is 4. The predicted octanol–water partition coefficient (Wildman–Crippen LogP) is 1.89. The Morgan fingerprint density at radius 1 is 1.04 bits per heavy atom. The van der Waals surface area contributed by atoms with Crippen molar-refractivity contribution in [3.05, 3.63) is 0 Å². The van der Waals surface area contributed by atoms with Crippen LogP contribution in [-0.2, 0) is 19.2 Å². The summed E-state index contributed by atoms with van der Waals surface area (Å²) in [5.74, 6) is -2.49. The van der Waals surface area contributed by atoms with Crippen molar-refractivity contribution in [1.82, 2.24) is 10.6 Å². The summed E-state index contributed by atoms with van der Waals surface area (Å²) in [7, 11) is 0. The molecule has 164 valence electrons. The highest BCUT2D eigenvalue weighted by atomic mass is 16.4. The molecule has 0 fully saturated rings. The smallest absolute Gasteiger partial charge is 0.316 e. The molecule has 0 aromatic rings. The van der Waals surface area contributed by atoms with E-state index in [1.165, 1.54) is 20.3 Å². The van der Waals surface area contributed by atoms with Gasteiger partial charge < -0.3 is 20.8 Å². The molecule has 0 aliphatic heterocycles. The number of unbranched alkanes of at least 4 members (excludes halogenated alkanes) is 1. The zero-order valence-electron chi connectivity index (χ0n) is 18.1. The summed E-state index contributed by atoms with van der Waals surface area (Å²) < 4.78 is 0. The van der Waals surface area contributed by atoms with Gasteiger partial charge in [-0.2, -0.15) is 0 Å². The number of carboxylic acids is 1. The Balaban J connectivity index is 0. The maximum absolute atomic E-state index is 11.9. The van der Waals surface area contributed by atoms with Crippen molar-refractivity contribution in [3.63, 3.8) is 0 Å². The number of carboxylic acid groups (broad SMARTS) is 1. The van der Waals surface area contributed by atoms with Crippen LogP contribution in [0.3, 0.4) is 0 Å². The van der Waals surface area contributed by atoms with Crippen LogP contribution in [0.4, 0.5) is 0 Å². The fraction of sp³-hybridized carbons (Fsp3) is 0.800. The molecule has 0 aromatic heterocycles. The van der Waals surface area contributed by atoms with E-state index in [0.29, 0.717) is 12.3 Å². The van der Waals surface area contributed by atoms with Gasteiger partial charge >= 0.3 is 5.97 Å². The highest BCUT2D eigenvalue weighted by Gasteiger charge is 2.35. The molecule has 0 spiro atoms. The van der Waals surface area contributed by atoms with Crippen LogP contribution >= 0.6 is 0 Å². The van der Waals surface area contributed by atoms with Gasteiger partial charge in [0, 0.05) is 6.42 Å². The number of hydrogen-bond donors (Lipinski definition) is 4. The summed E-state index contributed by atoms with van der Waals surface area (Å²) >= 11 is 0. The summed E-state index contributed by atoms with van der Waals surface area (Å²) in [4.78, 5) is 46.6. The normalized spacial score (nSPS) is 11.9. The van der Waals surface area contributed by atoms with E-state index in [1.807, 2.05) is 0 Å². The van der Waals surface area contributed by atoms with Gasteiger partial charge in [0.1, 0.15) is 11.5 Å². The molecule has 8 heteroatoms. The number of Topliss-reactive ketones (excluding diaryl/α,β-unsaturated/α-hetero) is 1. The molecule has 28 heavy (non-hydrogen) atoms. The Morgan fingerprint density at radius 2 is 1.57 bits per heavy atom. The first kappa shape index (κ1) is 28.3. The van der Waals surface area contributed by atoms with Crippen molar-refractivity contribution < 1.29 is 29.4 Å². The third-order valence-electron chi connectivity index (χ3n) is 3.92. The van der Waals surface area contributed by atoms with E-state index in [9.17, 15) is 24.3 Å². The van der Waals surface area contributed by atoms with Gasteiger partial charge in [0.25, 0.3) is 0 Å². The third kappa shape index (κ3) is 12.4. The van der Waals surface area contributed by atoms with E-state index in [0.717, 1.165) is 12.8 Å². The quantitative estimate of drug-likeness (QED) is 0.291. The minimum atomic E-state index is -1.62. The van der Waals surface area contributed by atoms with Crippen LogP contribution in [0.2, 0.25) is 0 Å². The summed E-state index contributed by atoms with van der Waals surface area (Å²) in [6.07, 6.45) is 4.11. The average Bonchev–Trinajstić information content (AvgIpc) is 2.61. The van der Waals surface area contributed by atoms with E-state index in [2.05, 4.69) is 38.3 Å². The Kier molecular flexibility index (Phi) is 15.2. The summed E-state index contributed by atoms with van der Waals surface area (Å²) in [5, 5.41) is 22.9. The molecule has 2 amide bonds. The maximum Gasteiger partial charge on any atom is 0.316 e. The van der Waals surface area contributed by atoms with Crippen molar-refractivity contribution in [2.45, 2.75) is 79.7 Å². The second-order valence-corrected chi connectivity index (χ2v) is 7.72. The molecule has 0 heterocycles. The van der Waals surface area contributed by atoms with Gasteiger partial charge in [-0.25, -0.2) is 0 Å². The number of aliphatic carboxylic acids is 1. The molecule has 1 unspecified atom stereocenters. The van der Waals surface area contributed by atoms with Crippen molar-refractivity contribution in [1.29, 1.82) is 0 Å².